The van der Waals surface area contributed by atoms with Crippen LogP contribution in [-0.4, -0.2) is 35.8 Å². The van der Waals surface area contributed by atoms with Gasteiger partial charge in [-0.05, 0) is 18.1 Å². The lowest BCUT2D eigenvalue weighted by molar-refractivity contribution is -0.129. The summed E-state index contributed by atoms with van der Waals surface area (Å²) in [6.07, 6.45) is 1.46. The van der Waals surface area contributed by atoms with E-state index in [2.05, 4.69) is 5.32 Å². The molecule has 17 heavy (non-hydrogen) atoms. The van der Waals surface area contributed by atoms with Crippen molar-refractivity contribution in [2.75, 3.05) is 13.1 Å². The van der Waals surface area contributed by atoms with E-state index in [-0.39, 0.29) is 23.5 Å². The molecule has 0 radical (unpaired) electrons. The number of piperazine rings is 1. The van der Waals surface area contributed by atoms with Crippen LogP contribution < -0.4 is 5.32 Å². The predicted molar refractivity (Wildman–Crippen MR) is 61.4 cm³/mol. The molecule has 1 aromatic heterocycles. The van der Waals surface area contributed by atoms with Crippen molar-refractivity contribution in [3.63, 3.8) is 0 Å². The Morgan fingerprint density at radius 2 is 2.35 bits per heavy atom. The van der Waals surface area contributed by atoms with Crippen molar-refractivity contribution in [2.24, 2.45) is 5.92 Å². The Balaban J connectivity index is 2.23. The van der Waals surface area contributed by atoms with Gasteiger partial charge < -0.3 is 14.6 Å². The fourth-order valence-electron chi connectivity index (χ4n) is 2.12. The zero-order valence-electron chi connectivity index (χ0n) is 9.97. The molecule has 1 unspecified atom stereocenters. The SMILES string of the molecule is CC(C)C1C(=O)NCCN1C(=O)c1ccco1. The quantitative estimate of drug-likeness (QED) is 0.829. The molecule has 1 aromatic rings. The summed E-state index contributed by atoms with van der Waals surface area (Å²) in [5, 5.41) is 2.78. The fourth-order valence-corrected chi connectivity index (χ4v) is 2.12. The Morgan fingerprint density at radius 1 is 1.59 bits per heavy atom. The van der Waals surface area contributed by atoms with Gasteiger partial charge in [0.1, 0.15) is 6.04 Å². The van der Waals surface area contributed by atoms with Crippen molar-refractivity contribution < 1.29 is 14.0 Å². The molecule has 1 aliphatic rings. The van der Waals surface area contributed by atoms with Gasteiger partial charge in [-0.15, -0.1) is 0 Å². The highest BCUT2D eigenvalue weighted by Crippen LogP contribution is 2.17. The molecule has 0 spiro atoms. The topological polar surface area (TPSA) is 62.6 Å². The number of hydrogen-bond acceptors (Lipinski definition) is 3. The molecule has 2 rings (SSSR count). The average Bonchev–Trinajstić information content (AvgIpc) is 2.80. The van der Waals surface area contributed by atoms with Crippen LogP contribution in [0.15, 0.2) is 22.8 Å². The lowest BCUT2D eigenvalue weighted by atomic mass is 9.99. The van der Waals surface area contributed by atoms with E-state index in [9.17, 15) is 9.59 Å². The van der Waals surface area contributed by atoms with Gasteiger partial charge in [0.05, 0.1) is 6.26 Å². The molecule has 0 aliphatic carbocycles. The van der Waals surface area contributed by atoms with Gasteiger partial charge in [-0.2, -0.15) is 0 Å². The molecular formula is C12H16N2O3. The predicted octanol–water partition coefficient (Wildman–Crippen LogP) is 0.876. The maximum absolute atomic E-state index is 12.2. The van der Waals surface area contributed by atoms with E-state index >= 15 is 0 Å². The first-order valence-electron chi connectivity index (χ1n) is 5.73. The van der Waals surface area contributed by atoms with E-state index in [1.807, 2.05) is 13.8 Å². The van der Waals surface area contributed by atoms with Gasteiger partial charge >= 0.3 is 0 Å². The molecular weight excluding hydrogens is 220 g/mol. The highest BCUT2D eigenvalue weighted by Gasteiger charge is 2.36. The van der Waals surface area contributed by atoms with Gasteiger partial charge in [0.2, 0.25) is 5.91 Å². The molecule has 1 fully saturated rings. The standard InChI is InChI=1S/C12H16N2O3/c1-8(2)10-11(15)13-5-6-14(10)12(16)9-4-3-7-17-9/h3-4,7-8,10H,5-6H2,1-2H3,(H,13,15). The van der Waals surface area contributed by atoms with Crippen LogP contribution in [0.2, 0.25) is 0 Å². The van der Waals surface area contributed by atoms with Crippen LogP contribution in [0.3, 0.4) is 0 Å². The molecule has 2 amide bonds. The fraction of sp³-hybridized carbons (Fsp3) is 0.500. The van der Waals surface area contributed by atoms with Crippen molar-refractivity contribution in [1.82, 2.24) is 10.2 Å². The van der Waals surface area contributed by atoms with Crippen LogP contribution in [0.25, 0.3) is 0 Å². The van der Waals surface area contributed by atoms with E-state index in [0.717, 1.165) is 0 Å². The van der Waals surface area contributed by atoms with Crippen LogP contribution in [0, 0.1) is 5.92 Å². The summed E-state index contributed by atoms with van der Waals surface area (Å²) < 4.78 is 5.09. The largest absolute Gasteiger partial charge is 0.459 e. The zero-order valence-corrected chi connectivity index (χ0v) is 9.97. The van der Waals surface area contributed by atoms with Gasteiger partial charge in [0, 0.05) is 13.1 Å². The van der Waals surface area contributed by atoms with E-state index < -0.39 is 6.04 Å². The van der Waals surface area contributed by atoms with Crippen LogP contribution in [0.4, 0.5) is 0 Å². The van der Waals surface area contributed by atoms with E-state index in [1.54, 1.807) is 17.0 Å². The summed E-state index contributed by atoms with van der Waals surface area (Å²) >= 11 is 0. The maximum Gasteiger partial charge on any atom is 0.290 e. The first-order valence-corrected chi connectivity index (χ1v) is 5.73. The van der Waals surface area contributed by atoms with Gasteiger partial charge in [-0.1, -0.05) is 13.8 Å². The van der Waals surface area contributed by atoms with Gasteiger partial charge in [-0.3, -0.25) is 9.59 Å². The van der Waals surface area contributed by atoms with Crippen LogP contribution >= 0.6 is 0 Å². The van der Waals surface area contributed by atoms with Gasteiger partial charge in [0.15, 0.2) is 5.76 Å². The van der Waals surface area contributed by atoms with E-state index in [4.69, 9.17) is 4.42 Å². The summed E-state index contributed by atoms with van der Waals surface area (Å²) in [4.78, 5) is 25.5. The normalized spacial score (nSPS) is 20.5. The number of hydrogen-bond donors (Lipinski definition) is 1. The number of rotatable bonds is 2. The first-order chi connectivity index (χ1) is 8.11. The molecule has 5 heteroatoms. The molecule has 1 saturated heterocycles. The van der Waals surface area contributed by atoms with Crippen LogP contribution in [0.1, 0.15) is 24.4 Å². The van der Waals surface area contributed by atoms with Crippen molar-refractivity contribution in [3.05, 3.63) is 24.2 Å². The molecule has 0 aromatic carbocycles. The maximum atomic E-state index is 12.2. The molecule has 0 bridgehead atoms. The Labute approximate surface area is 99.8 Å². The third-order valence-electron chi connectivity index (χ3n) is 2.88. The van der Waals surface area contributed by atoms with E-state index in [0.29, 0.717) is 13.1 Å². The third-order valence-corrected chi connectivity index (χ3v) is 2.88. The average molecular weight is 236 g/mol. The highest BCUT2D eigenvalue weighted by molar-refractivity contribution is 5.96. The molecule has 1 atom stereocenters. The van der Waals surface area contributed by atoms with Crippen LogP contribution in [0.5, 0.6) is 0 Å². The lowest BCUT2D eigenvalue weighted by Crippen LogP contribution is -2.59. The third kappa shape index (κ3) is 2.18. The number of furan rings is 1. The number of nitrogens with one attached hydrogen (secondary N) is 1. The smallest absolute Gasteiger partial charge is 0.290 e. The lowest BCUT2D eigenvalue weighted by Gasteiger charge is -2.36. The second-order valence-corrected chi connectivity index (χ2v) is 4.46. The molecule has 0 saturated carbocycles. The Bertz CT molecular complexity index is 411. The minimum Gasteiger partial charge on any atom is -0.459 e. The molecule has 1 aliphatic heterocycles. The monoisotopic (exact) mass is 236 g/mol. The first kappa shape index (κ1) is 11.7. The Morgan fingerprint density at radius 3 is 2.94 bits per heavy atom. The number of carbonyl (C=O) groups excluding carboxylic acids is 2. The van der Waals surface area contributed by atoms with Crippen LogP contribution in [-0.2, 0) is 4.79 Å². The minimum atomic E-state index is -0.415. The van der Waals surface area contributed by atoms with Gasteiger partial charge in [0.25, 0.3) is 5.91 Å². The summed E-state index contributed by atoms with van der Waals surface area (Å²) in [7, 11) is 0. The minimum absolute atomic E-state index is 0.0780. The second kappa shape index (κ2) is 4.61. The molecule has 5 nitrogen and oxygen atoms in total. The molecule has 92 valence electrons. The summed E-state index contributed by atoms with van der Waals surface area (Å²) in [6, 6.07) is 2.87. The second-order valence-electron chi connectivity index (χ2n) is 4.46. The highest BCUT2D eigenvalue weighted by atomic mass is 16.3. The van der Waals surface area contributed by atoms with E-state index in [1.165, 1.54) is 6.26 Å². The Hall–Kier alpha value is -1.78. The summed E-state index contributed by atoms with van der Waals surface area (Å²) in [5.41, 5.74) is 0. The summed E-state index contributed by atoms with van der Waals surface area (Å²) in [6.45, 7) is 4.87. The van der Waals surface area contributed by atoms with Crippen molar-refractivity contribution >= 4 is 11.8 Å². The van der Waals surface area contributed by atoms with Crippen molar-refractivity contribution in [2.45, 2.75) is 19.9 Å². The molecule has 1 N–H and O–H groups in total. The molecule has 2 heterocycles. The van der Waals surface area contributed by atoms with Crippen molar-refractivity contribution in [1.29, 1.82) is 0 Å². The van der Waals surface area contributed by atoms with Crippen molar-refractivity contribution in [3.8, 4) is 0 Å². The Kier molecular flexibility index (Phi) is 3.17. The van der Waals surface area contributed by atoms with Gasteiger partial charge in [-0.25, -0.2) is 0 Å². The zero-order chi connectivity index (χ0) is 12.4. The number of carbonyl (C=O) groups is 2. The number of nitrogens with zero attached hydrogens (tertiary/aromatic N) is 1. The number of amides is 2. The summed E-state index contributed by atoms with van der Waals surface area (Å²) in [5.74, 6) is 0.0502.